The van der Waals surface area contributed by atoms with Crippen LogP contribution in [0.3, 0.4) is 0 Å². The first-order valence-corrected chi connectivity index (χ1v) is 11.4. The topological polar surface area (TPSA) is 117 Å². The zero-order chi connectivity index (χ0) is 23.8. The number of hydrogen-bond donors (Lipinski definition) is 4. The van der Waals surface area contributed by atoms with Crippen LogP contribution in [0.4, 0.5) is 23.1 Å². The van der Waals surface area contributed by atoms with Crippen molar-refractivity contribution in [2.75, 3.05) is 50.0 Å². The van der Waals surface area contributed by atoms with E-state index < -0.39 is 5.91 Å². The Morgan fingerprint density at radius 3 is 2.43 bits per heavy atom. The lowest BCUT2D eigenvalue weighted by atomic mass is 10.2. The van der Waals surface area contributed by atoms with Gasteiger partial charge in [0.25, 0.3) is 5.91 Å². The van der Waals surface area contributed by atoms with Gasteiger partial charge in [-0.3, -0.25) is 9.69 Å². The number of carbonyl (C=O) groups is 1. The average molecular weight is 571 g/mol. The molecule has 1 aliphatic rings. The number of carbonyl (C=O) groups excluding carboxylic acids is 1. The van der Waals surface area contributed by atoms with Crippen LogP contribution < -0.4 is 21.7 Å². The average Bonchev–Trinajstić information content (AvgIpc) is 2.83. The van der Waals surface area contributed by atoms with Gasteiger partial charge in [0.1, 0.15) is 11.4 Å². The van der Waals surface area contributed by atoms with Crippen molar-refractivity contribution in [2.24, 2.45) is 5.73 Å². The van der Waals surface area contributed by atoms with Crippen LogP contribution >= 0.6 is 37.2 Å². The van der Waals surface area contributed by atoms with E-state index in [2.05, 4.69) is 43.0 Å². The van der Waals surface area contributed by atoms with Crippen molar-refractivity contribution in [1.82, 2.24) is 20.2 Å². The second kappa shape index (κ2) is 16.2. The van der Waals surface area contributed by atoms with E-state index >= 15 is 0 Å². The third-order valence-electron chi connectivity index (χ3n) is 5.58. The van der Waals surface area contributed by atoms with Crippen molar-refractivity contribution in [2.45, 2.75) is 13.5 Å². The summed E-state index contributed by atoms with van der Waals surface area (Å²) in [6.45, 7) is 8.44. The van der Waals surface area contributed by atoms with E-state index in [1.54, 1.807) is 0 Å². The third kappa shape index (κ3) is 9.96. The van der Waals surface area contributed by atoms with Gasteiger partial charge in [0.15, 0.2) is 0 Å². The molecule has 0 aliphatic carbocycles. The number of nitrogens with two attached hydrogens (primary N) is 1. The Kier molecular flexibility index (Phi) is 14.2. The molecule has 37 heavy (non-hydrogen) atoms. The number of benzene rings is 2. The summed E-state index contributed by atoms with van der Waals surface area (Å²) in [5.41, 5.74) is 9.70. The van der Waals surface area contributed by atoms with Crippen LogP contribution in [-0.4, -0.2) is 60.2 Å². The zero-order valence-electron chi connectivity index (χ0n) is 20.6. The van der Waals surface area contributed by atoms with E-state index in [1.807, 2.05) is 43.3 Å². The molecule has 1 fully saturated rings. The lowest BCUT2D eigenvalue weighted by molar-refractivity contribution is 0.0384. The molecule has 0 saturated carbocycles. The highest BCUT2D eigenvalue weighted by Gasteiger charge is 2.13. The summed E-state index contributed by atoms with van der Waals surface area (Å²) >= 11 is 0. The number of hydrogen-bond acceptors (Lipinski definition) is 8. The number of ether oxygens (including phenoxy) is 1. The monoisotopic (exact) mass is 569 g/mol. The van der Waals surface area contributed by atoms with Crippen molar-refractivity contribution >= 4 is 66.3 Å². The predicted octanol–water partition coefficient (Wildman–Crippen LogP) is 4.06. The summed E-state index contributed by atoms with van der Waals surface area (Å²) in [7, 11) is 0. The normalized spacial score (nSPS) is 12.9. The third-order valence-corrected chi connectivity index (χ3v) is 5.58. The molecule has 9 nitrogen and oxygen atoms in total. The lowest BCUT2D eigenvalue weighted by Gasteiger charge is -2.26. The van der Waals surface area contributed by atoms with Crippen molar-refractivity contribution in [1.29, 1.82) is 0 Å². The Labute approximate surface area is 236 Å². The summed E-state index contributed by atoms with van der Waals surface area (Å²) in [6.07, 6.45) is 1.43. The van der Waals surface area contributed by atoms with E-state index in [-0.39, 0.29) is 42.8 Å². The molecule has 202 valence electrons. The number of anilines is 4. The van der Waals surface area contributed by atoms with Crippen LogP contribution in [0, 0.1) is 6.92 Å². The SMILES string of the molecule is Cc1cccc(Nc2nc(Nc3ccc(CNCCN4CCOCC4)cc3)ncc2C(N)=O)c1.Cl.Cl.Cl. The molecule has 0 atom stereocenters. The molecule has 1 aliphatic heterocycles. The number of morpholine rings is 1. The van der Waals surface area contributed by atoms with Gasteiger partial charge in [0.05, 0.1) is 13.2 Å². The van der Waals surface area contributed by atoms with Gasteiger partial charge < -0.3 is 26.4 Å². The highest BCUT2D eigenvalue weighted by molar-refractivity contribution is 5.98. The minimum atomic E-state index is -0.591. The fourth-order valence-electron chi connectivity index (χ4n) is 3.71. The number of amides is 1. The Morgan fingerprint density at radius 1 is 1.03 bits per heavy atom. The quantitative estimate of drug-likeness (QED) is 0.270. The number of aromatic nitrogens is 2. The molecule has 4 rings (SSSR count). The Balaban J connectivity index is 0.00000228. The molecule has 12 heteroatoms. The molecule has 3 aromatic rings. The summed E-state index contributed by atoms with van der Waals surface area (Å²) < 4.78 is 5.38. The Bertz CT molecular complexity index is 1110. The van der Waals surface area contributed by atoms with Crippen LogP contribution in [0.15, 0.2) is 54.7 Å². The predicted molar refractivity (Wildman–Crippen MR) is 155 cm³/mol. The number of rotatable bonds is 10. The van der Waals surface area contributed by atoms with E-state index in [0.29, 0.717) is 11.8 Å². The molecule has 2 heterocycles. The summed E-state index contributed by atoms with van der Waals surface area (Å²) in [5, 5.41) is 9.85. The highest BCUT2D eigenvalue weighted by atomic mass is 35.5. The summed E-state index contributed by atoms with van der Waals surface area (Å²) in [6, 6.07) is 15.9. The molecule has 0 unspecified atom stereocenters. The van der Waals surface area contributed by atoms with Crippen LogP contribution in [0.25, 0.3) is 0 Å². The van der Waals surface area contributed by atoms with Crippen molar-refractivity contribution in [3.63, 3.8) is 0 Å². The van der Waals surface area contributed by atoms with E-state index in [0.717, 1.165) is 62.9 Å². The zero-order valence-corrected chi connectivity index (χ0v) is 23.1. The highest BCUT2D eigenvalue weighted by Crippen LogP contribution is 2.22. The fraction of sp³-hybridized carbons (Fsp3) is 0.320. The van der Waals surface area contributed by atoms with E-state index in [4.69, 9.17) is 10.5 Å². The number of halogens is 3. The molecular formula is C25H34Cl3N7O2. The van der Waals surface area contributed by atoms with Crippen molar-refractivity contribution in [3.8, 4) is 0 Å². The second-order valence-corrected chi connectivity index (χ2v) is 8.27. The van der Waals surface area contributed by atoms with Gasteiger partial charge >= 0.3 is 0 Å². The first-order valence-electron chi connectivity index (χ1n) is 11.4. The fourth-order valence-corrected chi connectivity index (χ4v) is 3.71. The molecule has 0 bridgehead atoms. The second-order valence-electron chi connectivity index (χ2n) is 8.27. The Hall–Kier alpha value is -2.66. The largest absolute Gasteiger partial charge is 0.379 e. The molecule has 1 saturated heterocycles. The maximum atomic E-state index is 11.9. The van der Waals surface area contributed by atoms with E-state index in [9.17, 15) is 4.79 Å². The first kappa shape index (κ1) is 32.4. The minimum absolute atomic E-state index is 0. The van der Waals surface area contributed by atoms with Gasteiger partial charge in [-0.25, -0.2) is 4.98 Å². The smallest absolute Gasteiger partial charge is 0.254 e. The van der Waals surface area contributed by atoms with E-state index in [1.165, 1.54) is 11.8 Å². The number of primary amides is 1. The number of nitrogens with one attached hydrogen (secondary N) is 3. The van der Waals surface area contributed by atoms with Gasteiger partial charge in [-0.05, 0) is 42.3 Å². The van der Waals surface area contributed by atoms with Gasteiger partial charge in [0.2, 0.25) is 5.95 Å². The molecule has 0 radical (unpaired) electrons. The summed E-state index contributed by atoms with van der Waals surface area (Å²) in [4.78, 5) is 23.0. The molecule has 5 N–H and O–H groups in total. The van der Waals surface area contributed by atoms with Crippen LogP contribution in [-0.2, 0) is 11.3 Å². The molecule has 1 aromatic heterocycles. The van der Waals surface area contributed by atoms with Crippen molar-refractivity contribution in [3.05, 3.63) is 71.4 Å². The molecule has 1 amide bonds. The number of aryl methyl sites for hydroxylation is 1. The minimum Gasteiger partial charge on any atom is -0.379 e. The molecule has 0 spiro atoms. The standard InChI is InChI=1S/C25H31N7O2.3ClH/c1-18-3-2-4-21(15-18)29-24-22(23(26)33)17-28-25(31-24)30-20-7-5-19(6-8-20)16-27-9-10-32-11-13-34-14-12-32;;;/h2-8,15,17,27H,9-14,16H2,1H3,(H2,26,33)(H2,28,29,30,31);3*1H. The first-order chi connectivity index (χ1) is 16.6. The van der Waals surface area contributed by atoms with Gasteiger partial charge in [-0.15, -0.1) is 37.2 Å². The maximum absolute atomic E-state index is 11.9. The van der Waals surface area contributed by atoms with Gasteiger partial charge in [-0.1, -0.05) is 24.3 Å². The van der Waals surface area contributed by atoms with Gasteiger partial charge in [0, 0.05) is 50.3 Å². The molecular weight excluding hydrogens is 537 g/mol. The lowest BCUT2D eigenvalue weighted by Crippen LogP contribution is -2.40. The summed E-state index contributed by atoms with van der Waals surface area (Å²) in [5.74, 6) is 0.139. The van der Waals surface area contributed by atoms with Crippen LogP contribution in [0.1, 0.15) is 21.5 Å². The maximum Gasteiger partial charge on any atom is 0.254 e. The molecule has 2 aromatic carbocycles. The number of nitrogens with zero attached hydrogens (tertiary/aromatic N) is 3. The van der Waals surface area contributed by atoms with Crippen LogP contribution in [0.5, 0.6) is 0 Å². The Morgan fingerprint density at radius 2 is 1.76 bits per heavy atom. The van der Waals surface area contributed by atoms with Gasteiger partial charge in [-0.2, -0.15) is 4.98 Å². The van der Waals surface area contributed by atoms with Crippen molar-refractivity contribution < 1.29 is 9.53 Å². The van der Waals surface area contributed by atoms with Crippen LogP contribution in [0.2, 0.25) is 0 Å².